The second kappa shape index (κ2) is 6.91. The highest BCUT2D eigenvalue weighted by Crippen LogP contribution is 2.27. The Morgan fingerprint density at radius 1 is 1.35 bits per heavy atom. The van der Waals surface area contributed by atoms with Crippen LogP contribution in [0.15, 0.2) is 29.8 Å². The minimum Gasteiger partial charge on any atom is -0.351 e. The van der Waals surface area contributed by atoms with Gasteiger partial charge in [0.2, 0.25) is 0 Å². The van der Waals surface area contributed by atoms with Gasteiger partial charge in [0.05, 0.1) is 0 Å². The maximum Gasteiger partial charge on any atom is 0.261 e. The lowest BCUT2D eigenvalue weighted by atomic mass is 9.83. The molecule has 20 heavy (non-hydrogen) atoms. The van der Waals surface area contributed by atoms with E-state index in [0.29, 0.717) is 6.54 Å². The van der Waals surface area contributed by atoms with E-state index in [4.69, 9.17) is 0 Å². The van der Waals surface area contributed by atoms with Gasteiger partial charge in [-0.05, 0) is 29.0 Å². The third-order valence-electron chi connectivity index (χ3n) is 2.97. The summed E-state index contributed by atoms with van der Waals surface area (Å²) in [6.45, 7) is 8.90. The number of nitrogens with zero attached hydrogens (tertiary/aromatic N) is 1. The van der Waals surface area contributed by atoms with E-state index in [1.807, 2.05) is 37.3 Å². The van der Waals surface area contributed by atoms with Gasteiger partial charge in [-0.1, -0.05) is 52.0 Å². The van der Waals surface area contributed by atoms with Gasteiger partial charge in [0.25, 0.3) is 5.91 Å². The van der Waals surface area contributed by atoms with Crippen LogP contribution in [-0.2, 0) is 10.2 Å². The number of carbonyl (C=O) groups excluding carboxylic acids is 1. The molecule has 3 nitrogen and oxygen atoms in total. The predicted octanol–water partition coefficient (Wildman–Crippen LogP) is 3.42. The third kappa shape index (κ3) is 4.24. The van der Waals surface area contributed by atoms with Crippen molar-refractivity contribution in [1.29, 1.82) is 5.26 Å². The Labute approximate surface area is 121 Å². The number of carbonyl (C=O) groups is 1. The second-order valence-electron chi connectivity index (χ2n) is 5.76. The normalized spacial score (nSPS) is 11.8. The molecular formula is C17H22N2O. The van der Waals surface area contributed by atoms with Crippen molar-refractivity contribution in [3.63, 3.8) is 0 Å². The smallest absolute Gasteiger partial charge is 0.261 e. The zero-order chi connectivity index (χ0) is 15.2. The molecule has 0 aliphatic carbocycles. The summed E-state index contributed by atoms with van der Waals surface area (Å²) in [7, 11) is 0. The fraction of sp³-hybridized carbons (Fsp3) is 0.412. The molecule has 0 spiro atoms. The summed E-state index contributed by atoms with van der Waals surface area (Å²) in [4.78, 5) is 11.9. The van der Waals surface area contributed by atoms with E-state index in [1.54, 1.807) is 6.08 Å². The Bertz CT molecular complexity index is 545. The maximum absolute atomic E-state index is 11.9. The van der Waals surface area contributed by atoms with E-state index in [2.05, 4.69) is 26.1 Å². The molecule has 1 N–H and O–H groups in total. The number of amides is 1. The zero-order valence-corrected chi connectivity index (χ0v) is 12.7. The summed E-state index contributed by atoms with van der Waals surface area (Å²) in [5.41, 5.74) is 2.16. The summed E-state index contributed by atoms with van der Waals surface area (Å²) >= 11 is 0. The molecule has 0 aliphatic heterocycles. The van der Waals surface area contributed by atoms with Crippen molar-refractivity contribution < 1.29 is 4.79 Å². The summed E-state index contributed by atoms with van der Waals surface area (Å²) < 4.78 is 0. The molecule has 0 saturated heterocycles. The molecule has 0 saturated carbocycles. The average molecular weight is 270 g/mol. The fourth-order valence-corrected chi connectivity index (χ4v) is 1.94. The third-order valence-corrected chi connectivity index (χ3v) is 2.97. The van der Waals surface area contributed by atoms with Crippen LogP contribution in [0.2, 0.25) is 0 Å². The molecule has 0 aliphatic rings. The van der Waals surface area contributed by atoms with Crippen LogP contribution < -0.4 is 5.32 Å². The van der Waals surface area contributed by atoms with Gasteiger partial charge in [-0.15, -0.1) is 0 Å². The molecule has 1 aromatic rings. The number of nitriles is 1. The average Bonchev–Trinajstić information content (AvgIpc) is 2.41. The molecule has 3 heteroatoms. The highest BCUT2D eigenvalue weighted by Gasteiger charge is 2.17. The van der Waals surface area contributed by atoms with Crippen LogP contribution in [0, 0.1) is 11.3 Å². The molecule has 1 aromatic carbocycles. The highest BCUT2D eigenvalue weighted by molar-refractivity contribution is 6.01. The first-order valence-electron chi connectivity index (χ1n) is 6.89. The first kappa shape index (κ1) is 16.0. The highest BCUT2D eigenvalue weighted by atomic mass is 16.1. The SMILES string of the molecule is CCCNC(=O)/C(C#N)=C\c1ccccc1C(C)(C)C. The molecule has 0 heterocycles. The second-order valence-corrected chi connectivity index (χ2v) is 5.76. The van der Waals surface area contributed by atoms with Crippen LogP contribution >= 0.6 is 0 Å². The number of nitrogens with one attached hydrogen (secondary N) is 1. The lowest BCUT2D eigenvalue weighted by Crippen LogP contribution is -2.25. The Balaban J connectivity index is 3.15. The van der Waals surface area contributed by atoms with Crippen molar-refractivity contribution in [2.24, 2.45) is 0 Å². The van der Waals surface area contributed by atoms with E-state index in [-0.39, 0.29) is 16.9 Å². The van der Waals surface area contributed by atoms with Crippen LogP contribution in [0.1, 0.15) is 45.2 Å². The summed E-state index contributed by atoms with van der Waals surface area (Å²) in [6, 6.07) is 9.85. The Hall–Kier alpha value is -2.08. The molecule has 0 fully saturated rings. The van der Waals surface area contributed by atoms with Crippen molar-refractivity contribution >= 4 is 12.0 Å². The van der Waals surface area contributed by atoms with Gasteiger partial charge in [-0.3, -0.25) is 4.79 Å². The van der Waals surface area contributed by atoms with E-state index in [9.17, 15) is 10.1 Å². The Morgan fingerprint density at radius 2 is 2.00 bits per heavy atom. The standard InChI is InChI=1S/C17H22N2O/c1-5-10-19-16(20)14(12-18)11-13-8-6-7-9-15(13)17(2,3)4/h6-9,11H,5,10H2,1-4H3,(H,19,20)/b14-11-. The monoisotopic (exact) mass is 270 g/mol. The van der Waals surface area contributed by atoms with E-state index in [1.165, 1.54) is 0 Å². The predicted molar refractivity (Wildman–Crippen MR) is 82.0 cm³/mol. The summed E-state index contributed by atoms with van der Waals surface area (Å²) in [5.74, 6) is -0.307. The molecule has 0 atom stereocenters. The number of hydrogen-bond acceptors (Lipinski definition) is 2. The first-order valence-corrected chi connectivity index (χ1v) is 6.89. The van der Waals surface area contributed by atoms with Gasteiger partial charge in [-0.2, -0.15) is 5.26 Å². The number of rotatable bonds is 4. The van der Waals surface area contributed by atoms with Gasteiger partial charge in [0, 0.05) is 6.54 Å². The molecule has 0 radical (unpaired) electrons. The molecule has 1 amide bonds. The first-order chi connectivity index (χ1) is 9.40. The quantitative estimate of drug-likeness (QED) is 0.673. The molecule has 1 rings (SSSR count). The van der Waals surface area contributed by atoms with Gasteiger partial charge in [0.1, 0.15) is 11.6 Å². The summed E-state index contributed by atoms with van der Waals surface area (Å²) in [6.07, 6.45) is 2.52. The van der Waals surface area contributed by atoms with Crippen LogP contribution in [0.25, 0.3) is 6.08 Å². The van der Waals surface area contributed by atoms with Crippen molar-refractivity contribution in [3.8, 4) is 6.07 Å². The van der Waals surface area contributed by atoms with Crippen LogP contribution in [0.5, 0.6) is 0 Å². The maximum atomic E-state index is 11.9. The fourth-order valence-electron chi connectivity index (χ4n) is 1.94. The van der Waals surface area contributed by atoms with Gasteiger partial charge in [0.15, 0.2) is 0 Å². The van der Waals surface area contributed by atoms with E-state index < -0.39 is 0 Å². The van der Waals surface area contributed by atoms with Gasteiger partial charge >= 0.3 is 0 Å². The Morgan fingerprint density at radius 3 is 2.55 bits per heavy atom. The van der Waals surface area contributed by atoms with E-state index >= 15 is 0 Å². The van der Waals surface area contributed by atoms with Crippen LogP contribution in [-0.4, -0.2) is 12.5 Å². The molecule has 106 valence electrons. The zero-order valence-electron chi connectivity index (χ0n) is 12.7. The summed E-state index contributed by atoms with van der Waals surface area (Å²) in [5, 5.41) is 11.9. The van der Waals surface area contributed by atoms with Gasteiger partial charge < -0.3 is 5.32 Å². The van der Waals surface area contributed by atoms with Crippen molar-refractivity contribution in [1.82, 2.24) is 5.32 Å². The molecule has 0 bridgehead atoms. The lowest BCUT2D eigenvalue weighted by molar-refractivity contribution is -0.117. The minimum atomic E-state index is -0.307. The number of benzene rings is 1. The van der Waals surface area contributed by atoms with Crippen LogP contribution in [0.3, 0.4) is 0 Å². The topological polar surface area (TPSA) is 52.9 Å². The van der Waals surface area contributed by atoms with Crippen molar-refractivity contribution in [2.75, 3.05) is 6.54 Å². The molecule has 0 aromatic heterocycles. The van der Waals surface area contributed by atoms with Crippen molar-refractivity contribution in [2.45, 2.75) is 39.5 Å². The van der Waals surface area contributed by atoms with Crippen LogP contribution in [0.4, 0.5) is 0 Å². The molecule has 0 unspecified atom stereocenters. The van der Waals surface area contributed by atoms with E-state index in [0.717, 1.165) is 17.5 Å². The van der Waals surface area contributed by atoms with Gasteiger partial charge in [-0.25, -0.2) is 0 Å². The number of hydrogen-bond donors (Lipinski definition) is 1. The lowest BCUT2D eigenvalue weighted by Gasteiger charge is -2.21. The van der Waals surface area contributed by atoms with Crippen molar-refractivity contribution in [3.05, 3.63) is 41.0 Å². The Kier molecular flexibility index (Phi) is 5.52. The minimum absolute atomic E-state index is 0.0342. The largest absolute Gasteiger partial charge is 0.351 e. The molecular weight excluding hydrogens is 248 g/mol.